The Balaban J connectivity index is 1.95. The lowest BCUT2D eigenvalue weighted by Gasteiger charge is -2.21. The molecule has 0 unspecified atom stereocenters. The van der Waals surface area contributed by atoms with E-state index in [2.05, 4.69) is 4.98 Å². The number of hydrogen-bond acceptors (Lipinski definition) is 3. The molecule has 1 aliphatic rings. The summed E-state index contributed by atoms with van der Waals surface area (Å²) in [5.41, 5.74) is -3.07. The predicted molar refractivity (Wildman–Crippen MR) is 107 cm³/mol. The molecular weight excluding hydrogens is 499 g/mol. The molecule has 1 aliphatic carbocycles. The highest BCUT2D eigenvalue weighted by Crippen LogP contribution is 2.40. The molecule has 0 bridgehead atoms. The SMILES string of the molecule is O=C(N[C@@H](C1CC1)C(F)(F)F)c1cn(-c2c(F)cc(F)cc2Cl)c2nc(Cl)c(F)cc2c1=O. The first-order chi connectivity index (χ1) is 15.4. The van der Waals surface area contributed by atoms with E-state index in [-0.39, 0.29) is 12.8 Å². The minimum Gasteiger partial charge on any atom is -0.340 e. The average molecular weight is 510 g/mol. The Morgan fingerprint density at radius 3 is 2.36 bits per heavy atom. The number of hydrogen-bond donors (Lipinski definition) is 1. The summed E-state index contributed by atoms with van der Waals surface area (Å²) >= 11 is 11.6. The van der Waals surface area contributed by atoms with Gasteiger partial charge in [0.25, 0.3) is 5.91 Å². The number of pyridine rings is 2. The maximum Gasteiger partial charge on any atom is 0.408 e. The Bertz CT molecular complexity index is 1330. The predicted octanol–water partition coefficient (Wildman–Crippen LogP) is 5.18. The van der Waals surface area contributed by atoms with E-state index in [1.807, 2.05) is 0 Å². The zero-order chi connectivity index (χ0) is 24.2. The van der Waals surface area contributed by atoms with Gasteiger partial charge in [0.1, 0.15) is 23.1 Å². The van der Waals surface area contributed by atoms with E-state index >= 15 is 0 Å². The van der Waals surface area contributed by atoms with Gasteiger partial charge in [0.2, 0.25) is 5.43 Å². The topological polar surface area (TPSA) is 64.0 Å². The minimum absolute atomic E-state index is 0.233. The highest BCUT2D eigenvalue weighted by atomic mass is 35.5. The molecule has 5 nitrogen and oxygen atoms in total. The van der Waals surface area contributed by atoms with Crippen LogP contribution < -0.4 is 10.7 Å². The van der Waals surface area contributed by atoms with Gasteiger partial charge in [-0.1, -0.05) is 23.2 Å². The molecule has 1 aromatic carbocycles. The molecule has 33 heavy (non-hydrogen) atoms. The Morgan fingerprint density at radius 2 is 1.79 bits per heavy atom. The van der Waals surface area contributed by atoms with Gasteiger partial charge in [-0.3, -0.25) is 14.2 Å². The van der Waals surface area contributed by atoms with Crippen molar-refractivity contribution in [1.82, 2.24) is 14.9 Å². The highest BCUT2D eigenvalue weighted by Gasteiger charge is 2.49. The maximum atomic E-state index is 14.6. The van der Waals surface area contributed by atoms with Crippen LogP contribution in [0.4, 0.5) is 26.3 Å². The van der Waals surface area contributed by atoms with E-state index in [1.54, 1.807) is 5.32 Å². The zero-order valence-corrected chi connectivity index (χ0v) is 17.6. The van der Waals surface area contributed by atoms with Crippen molar-refractivity contribution in [3.05, 3.63) is 67.8 Å². The molecule has 3 aromatic rings. The largest absolute Gasteiger partial charge is 0.408 e. The lowest BCUT2D eigenvalue weighted by molar-refractivity contribution is -0.158. The molecule has 0 aliphatic heterocycles. The third-order valence-electron chi connectivity index (χ3n) is 5.09. The van der Waals surface area contributed by atoms with Gasteiger partial charge in [-0.05, 0) is 30.9 Å². The lowest BCUT2D eigenvalue weighted by atomic mass is 10.1. The van der Waals surface area contributed by atoms with E-state index in [9.17, 15) is 35.9 Å². The monoisotopic (exact) mass is 509 g/mol. The van der Waals surface area contributed by atoms with Gasteiger partial charge in [0.05, 0.1) is 10.4 Å². The summed E-state index contributed by atoms with van der Waals surface area (Å²) in [6.45, 7) is 0. The lowest BCUT2D eigenvalue weighted by Crippen LogP contribution is -2.48. The van der Waals surface area contributed by atoms with Crippen LogP contribution in [0.1, 0.15) is 23.2 Å². The molecule has 1 fully saturated rings. The highest BCUT2D eigenvalue weighted by molar-refractivity contribution is 6.32. The molecule has 2 heterocycles. The molecule has 4 rings (SSSR count). The van der Waals surface area contributed by atoms with Crippen LogP contribution in [-0.2, 0) is 0 Å². The van der Waals surface area contributed by atoms with Crippen molar-refractivity contribution in [2.24, 2.45) is 5.92 Å². The Labute approximate surface area is 190 Å². The molecular formula is C20H11Cl2F6N3O2. The number of nitrogens with zero attached hydrogens (tertiary/aromatic N) is 2. The van der Waals surface area contributed by atoms with Crippen LogP contribution in [-0.4, -0.2) is 27.7 Å². The third-order valence-corrected chi connectivity index (χ3v) is 5.64. The van der Waals surface area contributed by atoms with Crippen LogP contribution in [0, 0.1) is 23.4 Å². The number of halogens is 8. The second kappa shape index (κ2) is 8.21. The van der Waals surface area contributed by atoms with E-state index in [0.717, 1.165) is 10.6 Å². The molecule has 0 radical (unpaired) electrons. The molecule has 174 valence electrons. The molecule has 0 saturated heterocycles. The number of amides is 1. The van der Waals surface area contributed by atoms with E-state index in [0.29, 0.717) is 18.3 Å². The molecule has 1 amide bonds. The van der Waals surface area contributed by atoms with Crippen molar-refractivity contribution >= 4 is 40.1 Å². The fourth-order valence-electron chi connectivity index (χ4n) is 3.41. The van der Waals surface area contributed by atoms with Gasteiger partial charge in [-0.2, -0.15) is 13.2 Å². The number of fused-ring (bicyclic) bond motifs is 1. The van der Waals surface area contributed by atoms with E-state index in [4.69, 9.17) is 23.2 Å². The Hall–Kier alpha value is -2.79. The summed E-state index contributed by atoms with van der Waals surface area (Å²) in [6.07, 6.45) is -3.61. The summed E-state index contributed by atoms with van der Waals surface area (Å²) in [7, 11) is 0. The second-order valence-corrected chi connectivity index (χ2v) is 8.19. The van der Waals surface area contributed by atoms with Crippen molar-refractivity contribution < 1.29 is 31.1 Å². The molecule has 13 heteroatoms. The fraction of sp³-hybridized carbons (Fsp3) is 0.250. The normalized spacial score (nSPS) is 15.0. The Morgan fingerprint density at radius 1 is 1.12 bits per heavy atom. The summed E-state index contributed by atoms with van der Waals surface area (Å²) in [6, 6.07) is -0.429. The maximum absolute atomic E-state index is 14.6. The van der Waals surface area contributed by atoms with Gasteiger partial charge < -0.3 is 5.32 Å². The number of benzene rings is 1. The smallest absolute Gasteiger partial charge is 0.340 e. The van der Waals surface area contributed by atoms with Crippen LogP contribution in [0.3, 0.4) is 0 Å². The van der Waals surface area contributed by atoms with Crippen molar-refractivity contribution in [2.45, 2.75) is 25.1 Å². The first-order valence-corrected chi connectivity index (χ1v) is 10.1. The van der Waals surface area contributed by atoms with Crippen molar-refractivity contribution in [2.75, 3.05) is 0 Å². The van der Waals surface area contributed by atoms with Gasteiger partial charge in [0, 0.05) is 12.3 Å². The Kier molecular flexibility index (Phi) is 5.81. The fourth-order valence-corrected chi connectivity index (χ4v) is 3.83. The summed E-state index contributed by atoms with van der Waals surface area (Å²) < 4.78 is 83.0. The molecule has 1 atom stereocenters. The number of rotatable bonds is 4. The summed E-state index contributed by atoms with van der Waals surface area (Å²) in [5.74, 6) is -5.72. The van der Waals surface area contributed by atoms with Crippen LogP contribution in [0.25, 0.3) is 16.7 Å². The quantitative estimate of drug-likeness (QED) is 0.389. The van der Waals surface area contributed by atoms with Gasteiger partial charge in [-0.25, -0.2) is 18.2 Å². The molecule has 1 N–H and O–H groups in total. The number of nitrogens with one attached hydrogen (secondary N) is 1. The summed E-state index contributed by atoms with van der Waals surface area (Å²) in [4.78, 5) is 29.3. The number of alkyl halides is 3. The first kappa shape index (κ1) is 23.4. The van der Waals surface area contributed by atoms with Crippen LogP contribution in [0.5, 0.6) is 0 Å². The zero-order valence-electron chi connectivity index (χ0n) is 16.1. The molecule has 1 saturated carbocycles. The third kappa shape index (κ3) is 4.39. The van der Waals surface area contributed by atoms with Crippen LogP contribution in [0.2, 0.25) is 10.2 Å². The van der Waals surface area contributed by atoms with Crippen molar-refractivity contribution in [3.8, 4) is 5.69 Å². The van der Waals surface area contributed by atoms with E-state index < -0.39 is 79.4 Å². The second-order valence-electron chi connectivity index (χ2n) is 7.42. The van der Waals surface area contributed by atoms with Gasteiger partial charge in [-0.15, -0.1) is 0 Å². The number of carbonyl (C=O) groups is 1. The van der Waals surface area contributed by atoms with Crippen LogP contribution in [0.15, 0.2) is 29.2 Å². The van der Waals surface area contributed by atoms with Gasteiger partial charge in [0.15, 0.2) is 22.4 Å². The van der Waals surface area contributed by atoms with Crippen molar-refractivity contribution in [3.63, 3.8) is 0 Å². The van der Waals surface area contributed by atoms with Crippen molar-refractivity contribution in [1.29, 1.82) is 0 Å². The minimum atomic E-state index is -4.78. The van der Waals surface area contributed by atoms with E-state index in [1.165, 1.54) is 0 Å². The molecule has 2 aromatic heterocycles. The average Bonchev–Trinajstić information content (AvgIpc) is 3.52. The van der Waals surface area contributed by atoms with Gasteiger partial charge >= 0.3 is 6.18 Å². The number of carbonyl (C=O) groups excluding carboxylic acids is 1. The van der Waals surface area contributed by atoms with Crippen LogP contribution >= 0.6 is 23.2 Å². The number of aromatic nitrogens is 2. The molecule has 0 spiro atoms. The standard InChI is InChI=1S/C20H11Cl2F6N3O2/c21-11-3-8(23)4-12(24)14(11)31-6-10(15(32)9-5-13(25)17(22)30-18(9)31)19(33)29-16(7-1-2-7)20(26,27)28/h3-7,16H,1-2H2,(H,29,33)/t16-/m0/s1. The first-order valence-electron chi connectivity index (χ1n) is 9.32. The summed E-state index contributed by atoms with van der Waals surface area (Å²) in [5, 5.41) is -0.0317.